The van der Waals surface area contributed by atoms with Crippen LogP contribution in [-0.4, -0.2) is 38.5 Å². The molecule has 0 radical (unpaired) electrons. The van der Waals surface area contributed by atoms with Crippen LogP contribution in [0.4, 0.5) is 5.69 Å². The zero-order valence-electron chi connectivity index (χ0n) is 20.1. The lowest BCUT2D eigenvalue weighted by molar-refractivity contribution is -0.121. The highest BCUT2D eigenvalue weighted by Gasteiger charge is 2.35. The summed E-state index contributed by atoms with van der Waals surface area (Å²) in [4.78, 5) is 32.9. The van der Waals surface area contributed by atoms with Crippen LogP contribution in [0.1, 0.15) is 37.8 Å². The van der Waals surface area contributed by atoms with Gasteiger partial charge >= 0.3 is 0 Å². The molecule has 0 bridgehead atoms. The predicted octanol–water partition coefficient (Wildman–Crippen LogP) is 5.55. The van der Waals surface area contributed by atoms with E-state index in [2.05, 4.69) is 4.72 Å². The minimum absolute atomic E-state index is 0.0372. The zero-order valence-corrected chi connectivity index (χ0v) is 23.3. The predicted molar refractivity (Wildman–Crippen MR) is 148 cm³/mol. The second-order valence-corrected chi connectivity index (χ2v) is 12.7. The largest absolute Gasteiger partial charge is 0.309 e. The van der Waals surface area contributed by atoms with E-state index in [1.54, 1.807) is 18.2 Å². The molecule has 2 amide bonds. The lowest BCUT2D eigenvalue weighted by Gasteiger charge is -2.27. The van der Waals surface area contributed by atoms with Gasteiger partial charge in [-0.05, 0) is 36.2 Å². The summed E-state index contributed by atoms with van der Waals surface area (Å²) < 4.78 is 27.4. The van der Waals surface area contributed by atoms with Gasteiger partial charge in [0.05, 0.1) is 15.7 Å². The van der Waals surface area contributed by atoms with E-state index in [1.165, 1.54) is 17.0 Å². The van der Waals surface area contributed by atoms with Gasteiger partial charge in [0.15, 0.2) is 0 Å². The third-order valence-corrected chi connectivity index (χ3v) is 9.48. The molecular formula is C26H25Cl2N3O4S2. The Morgan fingerprint density at radius 2 is 1.86 bits per heavy atom. The van der Waals surface area contributed by atoms with Crippen LogP contribution in [0.5, 0.6) is 0 Å². The van der Waals surface area contributed by atoms with E-state index in [-0.39, 0.29) is 29.0 Å². The highest BCUT2D eigenvalue weighted by atomic mass is 35.5. The minimum atomic E-state index is -4.06. The Kier molecular flexibility index (Phi) is 8.38. The van der Waals surface area contributed by atoms with Crippen LogP contribution in [-0.2, 0) is 19.6 Å². The summed E-state index contributed by atoms with van der Waals surface area (Å²) >= 11 is 13.0. The molecule has 3 aromatic rings. The van der Waals surface area contributed by atoms with Crippen molar-refractivity contribution in [1.29, 1.82) is 0 Å². The summed E-state index contributed by atoms with van der Waals surface area (Å²) in [6.45, 7) is 3.91. The van der Waals surface area contributed by atoms with Crippen LogP contribution in [0.3, 0.4) is 0 Å². The number of halogens is 2. The van der Waals surface area contributed by atoms with Gasteiger partial charge in [0.25, 0.3) is 15.9 Å². The summed E-state index contributed by atoms with van der Waals surface area (Å²) in [5, 5.41) is 0.482. The number of nitrogens with zero attached hydrogens (tertiary/aromatic N) is 2. The first kappa shape index (κ1) is 27.3. The minimum Gasteiger partial charge on any atom is -0.309 e. The van der Waals surface area contributed by atoms with Crippen LogP contribution >= 0.6 is 34.5 Å². The number of anilines is 1. The van der Waals surface area contributed by atoms with Crippen molar-refractivity contribution in [2.24, 2.45) is 10.9 Å². The molecule has 2 heterocycles. The molecular weight excluding hydrogens is 553 g/mol. The molecule has 1 N–H and O–H groups in total. The standard InChI is InChI=1S/C26H25Cl2N3O4S2/c1-3-16(2)24-26(33)31(14-13-22(32)30-37(34,35)23-12-11-21(28)36-23)20-10-9-18(27)15-19(20)25(29-24)17-7-5-4-6-8-17/h4-12,15-16,24H,3,13-14H2,1-2H3,(H,30,32)/t16-,24?/m0/s1. The van der Waals surface area contributed by atoms with Crippen molar-refractivity contribution < 1.29 is 18.0 Å². The topological polar surface area (TPSA) is 95.9 Å². The van der Waals surface area contributed by atoms with Gasteiger partial charge in [0.2, 0.25) is 5.91 Å². The van der Waals surface area contributed by atoms with E-state index in [0.29, 0.717) is 26.3 Å². The zero-order chi connectivity index (χ0) is 26.7. The van der Waals surface area contributed by atoms with Crippen molar-refractivity contribution >= 4 is 67.8 Å². The summed E-state index contributed by atoms with van der Waals surface area (Å²) in [5.74, 6) is -1.07. The Hall–Kier alpha value is -2.72. The van der Waals surface area contributed by atoms with Crippen molar-refractivity contribution in [3.63, 3.8) is 0 Å². The fraction of sp³-hybridized carbons (Fsp3) is 0.269. The van der Waals surface area contributed by atoms with Crippen LogP contribution < -0.4 is 9.62 Å². The monoisotopic (exact) mass is 577 g/mol. The Morgan fingerprint density at radius 3 is 2.51 bits per heavy atom. The number of benzene rings is 2. The highest BCUT2D eigenvalue weighted by Crippen LogP contribution is 2.33. The molecule has 37 heavy (non-hydrogen) atoms. The number of sulfonamides is 1. The van der Waals surface area contributed by atoms with Crippen molar-refractivity contribution in [3.05, 3.63) is 81.1 Å². The second kappa shape index (κ2) is 11.3. The molecule has 0 saturated carbocycles. The third kappa shape index (κ3) is 6.06. The first-order chi connectivity index (χ1) is 17.6. The molecule has 1 aliphatic rings. The van der Waals surface area contributed by atoms with Crippen LogP contribution in [0, 0.1) is 5.92 Å². The Balaban J connectivity index is 1.68. The van der Waals surface area contributed by atoms with Gasteiger partial charge in [-0.2, -0.15) is 0 Å². The maximum absolute atomic E-state index is 13.8. The number of hydrogen-bond acceptors (Lipinski definition) is 6. The molecule has 0 fully saturated rings. The summed E-state index contributed by atoms with van der Waals surface area (Å²) in [5.41, 5.74) is 2.70. The van der Waals surface area contributed by atoms with E-state index in [0.717, 1.165) is 23.3 Å². The lowest BCUT2D eigenvalue weighted by Crippen LogP contribution is -2.43. The lowest BCUT2D eigenvalue weighted by atomic mass is 9.98. The SMILES string of the molecule is CC[C@H](C)C1N=C(c2ccccc2)c2cc(Cl)ccc2N(CCC(=O)NS(=O)(=O)c2ccc(Cl)s2)C1=O. The van der Waals surface area contributed by atoms with Gasteiger partial charge in [-0.1, -0.05) is 73.8 Å². The Morgan fingerprint density at radius 1 is 1.14 bits per heavy atom. The fourth-order valence-corrected chi connectivity index (χ4v) is 6.70. The number of benzodiazepines with no additional fused rings is 1. The van der Waals surface area contributed by atoms with E-state index in [9.17, 15) is 18.0 Å². The van der Waals surface area contributed by atoms with Crippen molar-refractivity contribution in [3.8, 4) is 0 Å². The molecule has 1 aliphatic heterocycles. The van der Waals surface area contributed by atoms with Gasteiger partial charge < -0.3 is 4.90 Å². The molecule has 1 aromatic heterocycles. The van der Waals surface area contributed by atoms with Gasteiger partial charge in [0.1, 0.15) is 10.3 Å². The molecule has 2 aromatic carbocycles. The van der Waals surface area contributed by atoms with Crippen molar-refractivity contribution in [2.45, 2.75) is 36.9 Å². The molecule has 1 unspecified atom stereocenters. The quantitative estimate of drug-likeness (QED) is 0.379. The molecule has 0 spiro atoms. The molecule has 0 saturated heterocycles. The normalized spacial score (nSPS) is 16.5. The molecule has 0 aliphatic carbocycles. The Bertz CT molecular complexity index is 1460. The average Bonchev–Trinajstić information content (AvgIpc) is 3.28. The summed E-state index contributed by atoms with van der Waals surface area (Å²) in [6.07, 6.45) is 0.481. The highest BCUT2D eigenvalue weighted by molar-refractivity contribution is 7.92. The number of fused-ring (bicyclic) bond motifs is 1. The first-order valence-electron chi connectivity index (χ1n) is 11.7. The molecule has 4 rings (SSSR count). The molecule has 7 nitrogen and oxygen atoms in total. The average molecular weight is 579 g/mol. The number of carbonyl (C=O) groups excluding carboxylic acids is 2. The molecule has 2 atom stereocenters. The van der Waals surface area contributed by atoms with Gasteiger partial charge in [-0.3, -0.25) is 14.6 Å². The van der Waals surface area contributed by atoms with E-state index in [1.807, 2.05) is 44.2 Å². The fourth-order valence-electron chi connectivity index (χ4n) is 4.03. The van der Waals surface area contributed by atoms with Crippen LogP contribution in [0.2, 0.25) is 9.36 Å². The second-order valence-electron chi connectivity index (χ2n) is 8.66. The van der Waals surface area contributed by atoms with Gasteiger partial charge in [-0.15, -0.1) is 11.3 Å². The number of nitrogens with one attached hydrogen (secondary N) is 1. The number of carbonyl (C=O) groups is 2. The van der Waals surface area contributed by atoms with Crippen LogP contribution in [0.25, 0.3) is 0 Å². The number of rotatable bonds is 8. The van der Waals surface area contributed by atoms with Gasteiger partial charge in [-0.25, -0.2) is 13.1 Å². The van der Waals surface area contributed by atoms with Gasteiger partial charge in [0, 0.05) is 29.1 Å². The molecule has 194 valence electrons. The summed E-state index contributed by atoms with van der Waals surface area (Å²) in [6, 6.07) is 16.8. The number of aliphatic imine (C=N–C) groups is 1. The maximum Gasteiger partial charge on any atom is 0.273 e. The Labute approximate surface area is 230 Å². The third-order valence-electron chi connectivity index (χ3n) is 6.15. The molecule has 11 heteroatoms. The smallest absolute Gasteiger partial charge is 0.273 e. The number of thiophene rings is 1. The van der Waals surface area contributed by atoms with Crippen molar-refractivity contribution in [2.75, 3.05) is 11.4 Å². The number of hydrogen-bond donors (Lipinski definition) is 1. The first-order valence-corrected chi connectivity index (χ1v) is 14.7. The number of amides is 2. The van der Waals surface area contributed by atoms with Crippen LogP contribution in [0.15, 0.2) is 69.9 Å². The van der Waals surface area contributed by atoms with Crippen molar-refractivity contribution in [1.82, 2.24) is 4.72 Å². The maximum atomic E-state index is 13.8. The van der Waals surface area contributed by atoms with E-state index in [4.69, 9.17) is 28.2 Å². The van der Waals surface area contributed by atoms with E-state index < -0.39 is 22.0 Å². The summed E-state index contributed by atoms with van der Waals surface area (Å²) in [7, 11) is -4.06. The van der Waals surface area contributed by atoms with E-state index >= 15 is 0 Å².